The fourth-order valence-corrected chi connectivity index (χ4v) is 4.28. The second-order valence-electron chi connectivity index (χ2n) is 6.56. The zero-order valence-corrected chi connectivity index (χ0v) is 13.9. The number of para-hydroxylation sites is 1. The molecule has 1 aromatic carbocycles. The lowest BCUT2D eigenvalue weighted by Gasteiger charge is -2.23. The highest BCUT2D eigenvalue weighted by molar-refractivity contribution is 6.03. The summed E-state index contributed by atoms with van der Waals surface area (Å²) in [6, 6.07) is 7.91. The van der Waals surface area contributed by atoms with Crippen LogP contribution in [0.25, 0.3) is 0 Å². The van der Waals surface area contributed by atoms with Gasteiger partial charge in [0, 0.05) is 5.69 Å². The topological polar surface area (TPSA) is 55.8 Å². The number of hydrogen-bond donors (Lipinski definition) is 0. The minimum atomic E-state index is -0.694. The first-order chi connectivity index (χ1) is 11.6. The van der Waals surface area contributed by atoms with E-state index in [1.807, 2.05) is 36.4 Å². The van der Waals surface area contributed by atoms with Gasteiger partial charge in [-0.3, -0.25) is 9.59 Å². The van der Waals surface area contributed by atoms with E-state index in [0.29, 0.717) is 13.2 Å². The van der Waals surface area contributed by atoms with E-state index in [1.165, 1.54) is 0 Å². The minimum Gasteiger partial charge on any atom is -0.466 e. The molecule has 5 nitrogen and oxygen atoms in total. The molecule has 3 aliphatic rings. The summed E-state index contributed by atoms with van der Waals surface area (Å²) in [6.07, 6.45) is 4.37. The van der Waals surface area contributed by atoms with Crippen LogP contribution in [0.2, 0.25) is 0 Å². The number of ether oxygens (including phenoxy) is 2. The van der Waals surface area contributed by atoms with E-state index in [-0.39, 0.29) is 18.0 Å². The number of esters is 1. The fourth-order valence-electron chi connectivity index (χ4n) is 4.28. The highest BCUT2D eigenvalue weighted by atomic mass is 16.6. The van der Waals surface area contributed by atoms with Gasteiger partial charge in [-0.05, 0) is 25.0 Å². The van der Waals surface area contributed by atoms with E-state index < -0.39 is 17.4 Å². The van der Waals surface area contributed by atoms with Gasteiger partial charge in [0.15, 0.2) is 0 Å². The number of carbonyl (C=O) groups excluding carboxylic acids is 2. The van der Waals surface area contributed by atoms with Crippen LogP contribution in [-0.2, 0) is 25.5 Å². The Labute approximate surface area is 141 Å². The van der Waals surface area contributed by atoms with Crippen LogP contribution >= 0.6 is 0 Å². The second-order valence-corrected chi connectivity index (χ2v) is 6.56. The number of hydrogen-bond acceptors (Lipinski definition) is 4. The molecule has 0 radical (unpaired) electrons. The van der Waals surface area contributed by atoms with Crippen molar-refractivity contribution in [1.82, 2.24) is 0 Å². The van der Waals surface area contributed by atoms with Crippen LogP contribution in [0.3, 0.4) is 0 Å². The smallest absolute Gasteiger partial charge is 0.312 e. The van der Waals surface area contributed by atoms with E-state index in [1.54, 1.807) is 11.8 Å². The van der Waals surface area contributed by atoms with Gasteiger partial charge >= 0.3 is 5.97 Å². The van der Waals surface area contributed by atoms with Gasteiger partial charge in [0.05, 0.1) is 25.2 Å². The average Bonchev–Trinajstić information content (AvgIpc) is 3.23. The molecule has 0 aromatic heterocycles. The number of benzene rings is 1. The lowest BCUT2D eigenvalue weighted by Crippen LogP contribution is -2.40. The number of fused-ring (bicyclic) bond motifs is 1. The quantitative estimate of drug-likeness (QED) is 0.628. The third-order valence-corrected chi connectivity index (χ3v) is 5.32. The van der Waals surface area contributed by atoms with Crippen LogP contribution in [0.4, 0.5) is 5.69 Å². The maximum Gasteiger partial charge on any atom is 0.312 e. The molecule has 1 aromatic rings. The molecule has 0 saturated carbocycles. The fraction of sp³-hybridized carbons (Fsp3) is 0.474. The predicted molar refractivity (Wildman–Crippen MR) is 88.5 cm³/mol. The highest BCUT2D eigenvalue weighted by Gasteiger charge is 2.67. The summed E-state index contributed by atoms with van der Waals surface area (Å²) in [5, 5.41) is 0. The molecule has 0 unspecified atom stereocenters. The Morgan fingerprint density at radius 2 is 2.17 bits per heavy atom. The van der Waals surface area contributed by atoms with Crippen LogP contribution in [-0.4, -0.2) is 36.7 Å². The predicted octanol–water partition coefficient (Wildman–Crippen LogP) is 2.10. The largest absolute Gasteiger partial charge is 0.466 e. The first-order valence-corrected chi connectivity index (χ1v) is 8.54. The number of amides is 1. The van der Waals surface area contributed by atoms with Gasteiger partial charge in [-0.25, -0.2) is 0 Å². The Kier molecular flexibility index (Phi) is 3.49. The van der Waals surface area contributed by atoms with Crippen molar-refractivity contribution in [3.05, 3.63) is 42.0 Å². The van der Waals surface area contributed by atoms with Gasteiger partial charge in [0.25, 0.3) is 0 Å². The van der Waals surface area contributed by atoms with Gasteiger partial charge in [-0.1, -0.05) is 37.3 Å². The molecule has 24 heavy (non-hydrogen) atoms. The first kappa shape index (κ1) is 15.4. The monoisotopic (exact) mass is 327 g/mol. The molecule has 2 saturated heterocycles. The maximum atomic E-state index is 13.2. The molecular formula is C19H21NO4. The Balaban J connectivity index is 1.71. The number of aryl methyl sites for hydroxylation is 1. The Morgan fingerprint density at radius 1 is 1.38 bits per heavy atom. The zero-order valence-electron chi connectivity index (χ0n) is 13.9. The molecule has 0 N–H and O–H groups in total. The number of carbonyl (C=O) groups is 2. The van der Waals surface area contributed by atoms with Crippen molar-refractivity contribution >= 4 is 17.6 Å². The van der Waals surface area contributed by atoms with Crippen LogP contribution in [0.1, 0.15) is 19.4 Å². The van der Waals surface area contributed by atoms with E-state index in [4.69, 9.17) is 9.47 Å². The number of nitrogens with zero attached hydrogens (tertiary/aromatic N) is 1. The van der Waals surface area contributed by atoms with Crippen LogP contribution < -0.4 is 4.90 Å². The summed E-state index contributed by atoms with van der Waals surface area (Å²) in [4.78, 5) is 27.3. The summed E-state index contributed by atoms with van der Waals surface area (Å²) < 4.78 is 11.3. The van der Waals surface area contributed by atoms with Crippen molar-refractivity contribution in [2.24, 2.45) is 11.8 Å². The van der Waals surface area contributed by atoms with E-state index in [0.717, 1.165) is 17.7 Å². The minimum absolute atomic E-state index is 0.0409. The average molecular weight is 327 g/mol. The summed E-state index contributed by atoms with van der Waals surface area (Å²) >= 11 is 0. The van der Waals surface area contributed by atoms with E-state index in [9.17, 15) is 9.59 Å². The summed E-state index contributed by atoms with van der Waals surface area (Å²) in [6.45, 7) is 4.61. The molecule has 0 aliphatic carbocycles. The summed E-state index contributed by atoms with van der Waals surface area (Å²) in [5.74, 6) is -1.41. The highest BCUT2D eigenvalue weighted by Crippen LogP contribution is 2.53. The number of anilines is 1. The van der Waals surface area contributed by atoms with Gasteiger partial charge in [-0.2, -0.15) is 0 Å². The van der Waals surface area contributed by atoms with Crippen LogP contribution in [0.5, 0.6) is 0 Å². The standard InChI is InChI=1S/C19H21NO4/c1-3-12-7-5-6-8-13(12)20-11-19-10-9-14(24-19)15(16(19)17(20)21)18(22)23-4-2/h5-10,14-16H,3-4,11H2,1-2H3/t14-,15-,16+,19-/m0/s1. The van der Waals surface area contributed by atoms with E-state index in [2.05, 4.69) is 6.92 Å². The first-order valence-electron chi connectivity index (χ1n) is 8.54. The summed E-state index contributed by atoms with van der Waals surface area (Å²) in [7, 11) is 0. The van der Waals surface area contributed by atoms with Gasteiger partial charge in [0.1, 0.15) is 11.5 Å². The lowest BCUT2D eigenvalue weighted by atomic mass is 9.77. The normalized spacial score (nSPS) is 33.2. The van der Waals surface area contributed by atoms with Crippen molar-refractivity contribution in [3.63, 3.8) is 0 Å². The Bertz CT molecular complexity index is 728. The Hall–Kier alpha value is -2.14. The molecule has 1 spiro atoms. The van der Waals surface area contributed by atoms with Gasteiger partial charge in [0.2, 0.25) is 5.91 Å². The van der Waals surface area contributed by atoms with E-state index >= 15 is 0 Å². The SMILES string of the molecule is CCOC(=O)[C@H]1[C@@H]2C=C[C@@]3(CN(c4ccccc4CC)C(=O)[C@@H]13)O2. The third kappa shape index (κ3) is 1.97. The van der Waals surface area contributed by atoms with Crippen molar-refractivity contribution in [2.45, 2.75) is 32.0 Å². The molecule has 2 fully saturated rings. The van der Waals surface area contributed by atoms with Gasteiger partial charge in [-0.15, -0.1) is 0 Å². The molecule has 4 rings (SSSR count). The molecule has 3 heterocycles. The van der Waals surface area contributed by atoms with Crippen molar-refractivity contribution in [1.29, 1.82) is 0 Å². The third-order valence-electron chi connectivity index (χ3n) is 5.32. The molecule has 4 atom stereocenters. The molecular weight excluding hydrogens is 306 g/mol. The van der Waals surface area contributed by atoms with Crippen LogP contribution in [0.15, 0.2) is 36.4 Å². The molecule has 126 valence electrons. The molecule has 3 aliphatic heterocycles. The molecule has 2 bridgehead atoms. The van der Waals surface area contributed by atoms with Gasteiger partial charge < -0.3 is 14.4 Å². The van der Waals surface area contributed by atoms with Crippen molar-refractivity contribution in [3.8, 4) is 0 Å². The molecule has 5 heteroatoms. The van der Waals surface area contributed by atoms with Crippen molar-refractivity contribution < 1.29 is 19.1 Å². The summed E-state index contributed by atoms with van der Waals surface area (Å²) in [5.41, 5.74) is 1.34. The second kappa shape index (κ2) is 5.45. The maximum absolute atomic E-state index is 13.2. The lowest BCUT2D eigenvalue weighted by molar-refractivity contribution is -0.151. The van der Waals surface area contributed by atoms with Crippen molar-refractivity contribution in [2.75, 3.05) is 18.1 Å². The Morgan fingerprint density at radius 3 is 2.92 bits per heavy atom. The zero-order chi connectivity index (χ0) is 16.9. The number of rotatable bonds is 4. The van der Waals surface area contributed by atoms with Crippen LogP contribution in [0, 0.1) is 11.8 Å². The molecule has 1 amide bonds.